The summed E-state index contributed by atoms with van der Waals surface area (Å²) in [5.74, 6) is 0.599. The molecule has 0 bridgehead atoms. The zero-order chi connectivity index (χ0) is 16.4. The minimum absolute atomic E-state index is 0. The molecular weight excluding hydrogens is 377 g/mol. The summed E-state index contributed by atoms with van der Waals surface area (Å²) in [7, 11) is 0. The monoisotopic (exact) mass is 401 g/mol. The molecule has 4 nitrogen and oxygen atoms in total. The molecule has 25 heavy (non-hydrogen) atoms. The number of aromatic nitrogens is 1. The Morgan fingerprint density at radius 2 is 2.16 bits per heavy atom. The molecule has 0 aliphatic carbocycles. The molecule has 2 N–H and O–H groups in total. The molecular formula is C18H25Cl2N3OS. The van der Waals surface area contributed by atoms with Crippen molar-refractivity contribution in [3.05, 3.63) is 40.9 Å². The Kier molecular flexibility index (Phi) is 8.35. The summed E-state index contributed by atoms with van der Waals surface area (Å²) in [6.45, 7) is 5.62. The van der Waals surface area contributed by atoms with Crippen LogP contribution < -0.4 is 5.73 Å². The van der Waals surface area contributed by atoms with Gasteiger partial charge < -0.3 is 10.6 Å². The van der Waals surface area contributed by atoms with Gasteiger partial charge in [0.15, 0.2) is 0 Å². The smallest absolute Gasteiger partial charge is 0.228 e. The average molecular weight is 402 g/mol. The van der Waals surface area contributed by atoms with E-state index in [1.165, 1.54) is 5.56 Å². The highest BCUT2D eigenvalue weighted by atomic mass is 35.5. The van der Waals surface area contributed by atoms with Gasteiger partial charge in [-0.25, -0.2) is 4.98 Å². The van der Waals surface area contributed by atoms with E-state index in [-0.39, 0.29) is 36.8 Å². The maximum atomic E-state index is 12.5. The highest BCUT2D eigenvalue weighted by molar-refractivity contribution is 7.13. The summed E-state index contributed by atoms with van der Waals surface area (Å²) in [6.07, 6.45) is 1.39. The van der Waals surface area contributed by atoms with Crippen molar-refractivity contribution in [2.45, 2.75) is 32.7 Å². The molecule has 1 aliphatic heterocycles. The fourth-order valence-corrected chi connectivity index (χ4v) is 4.03. The van der Waals surface area contributed by atoms with Crippen LogP contribution in [0.3, 0.4) is 0 Å². The molecule has 7 heteroatoms. The van der Waals surface area contributed by atoms with Gasteiger partial charge in [0.2, 0.25) is 5.91 Å². The Labute approximate surface area is 165 Å². The van der Waals surface area contributed by atoms with Crippen LogP contribution in [0, 0.1) is 12.8 Å². The number of hydrogen-bond donors (Lipinski definition) is 1. The molecule has 1 aromatic heterocycles. The first kappa shape index (κ1) is 21.9. The number of amides is 1. The second-order valence-electron chi connectivity index (χ2n) is 6.42. The van der Waals surface area contributed by atoms with Gasteiger partial charge in [-0.1, -0.05) is 23.8 Å². The second-order valence-corrected chi connectivity index (χ2v) is 7.28. The lowest BCUT2D eigenvalue weighted by Gasteiger charge is -2.21. The van der Waals surface area contributed by atoms with Gasteiger partial charge in [-0.3, -0.25) is 4.79 Å². The van der Waals surface area contributed by atoms with Crippen LogP contribution in [0.4, 0.5) is 0 Å². The first-order chi connectivity index (χ1) is 11.1. The Morgan fingerprint density at radius 1 is 1.40 bits per heavy atom. The standard InChI is InChI=1S/C18H23N3OS.2ClH/c1-12-4-3-5-15(6-12)18-20-16(11-23-18)8-17(22)21-10-14(9-19)7-13(21)2;;/h3-6,11,13-14H,7-10,19H2,1-2H3;2*1H. The molecule has 0 spiro atoms. The number of benzene rings is 1. The summed E-state index contributed by atoms with van der Waals surface area (Å²) in [5.41, 5.74) is 8.94. The third-order valence-electron chi connectivity index (χ3n) is 4.46. The zero-order valence-electron chi connectivity index (χ0n) is 14.5. The van der Waals surface area contributed by atoms with E-state index in [4.69, 9.17) is 5.73 Å². The largest absolute Gasteiger partial charge is 0.339 e. The number of hydrogen-bond acceptors (Lipinski definition) is 4. The van der Waals surface area contributed by atoms with Crippen LogP contribution in [0.1, 0.15) is 24.6 Å². The number of rotatable bonds is 4. The number of nitrogens with zero attached hydrogens (tertiary/aromatic N) is 2. The van der Waals surface area contributed by atoms with E-state index in [1.54, 1.807) is 11.3 Å². The Morgan fingerprint density at radius 3 is 2.80 bits per heavy atom. The van der Waals surface area contributed by atoms with Crippen molar-refractivity contribution in [3.8, 4) is 10.6 Å². The molecule has 1 fully saturated rings. The molecule has 1 amide bonds. The van der Waals surface area contributed by atoms with Crippen LogP contribution in [0.15, 0.2) is 29.6 Å². The quantitative estimate of drug-likeness (QED) is 0.849. The van der Waals surface area contributed by atoms with Crippen molar-refractivity contribution in [2.24, 2.45) is 11.7 Å². The summed E-state index contributed by atoms with van der Waals surface area (Å²) in [6, 6.07) is 8.58. The van der Waals surface area contributed by atoms with Crippen LogP contribution in [0.2, 0.25) is 0 Å². The fourth-order valence-electron chi connectivity index (χ4n) is 3.22. The van der Waals surface area contributed by atoms with Crippen LogP contribution in [0.25, 0.3) is 10.6 Å². The third kappa shape index (κ3) is 5.17. The van der Waals surface area contributed by atoms with E-state index in [0.717, 1.165) is 29.2 Å². The molecule has 1 saturated heterocycles. The van der Waals surface area contributed by atoms with Gasteiger partial charge in [-0.2, -0.15) is 0 Å². The normalized spacial score (nSPS) is 19.2. The Bertz CT molecular complexity index is 707. The number of carbonyl (C=O) groups excluding carboxylic acids is 1. The fraction of sp³-hybridized carbons (Fsp3) is 0.444. The summed E-state index contributed by atoms with van der Waals surface area (Å²) in [5, 5.41) is 2.97. The topological polar surface area (TPSA) is 59.2 Å². The van der Waals surface area contributed by atoms with Crippen molar-refractivity contribution < 1.29 is 4.79 Å². The van der Waals surface area contributed by atoms with E-state index < -0.39 is 0 Å². The lowest BCUT2D eigenvalue weighted by molar-refractivity contribution is -0.131. The summed E-state index contributed by atoms with van der Waals surface area (Å²) >= 11 is 1.60. The molecule has 0 radical (unpaired) electrons. The third-order valence-corrected chi connectivity index (χ3v) is 5.40. The van der Waals surface area contributed by atoms with E-state index in [0.29, 0.717) is 18.9 Å². The van der Waals surface area contributed by atoms with Crippen LogP contribution in [-0.2, 0) is 11.2 Å². The molecule has 2 unspecified atom stereocenters. The van der Waals surface area contributed by atoms with Gasteiger partial charge in [0.05, 0.1) is 12.1 Å². The molecule has 138 valence electrons. The predicted molar refractivity (Wildman–Crippen MR) is 109 cm³/mol. The maximum Gasteiger partial charge on any atom is 0.228 e. The molecule has 3 rings (SSSR count). The summed E-state index contributed by atoms with van der Waals surface area (Å²) < 4.78 is 0. The first-order valence-corrected chi connectivity index (χ1v) is 8.95. The molecule has 2 aromatic rings. The van der Waals surface area contributed by atoms with Gasteiger partial charge in [-0.15, -0.1) is 36.2 Å². The highest BCUT2D eigenvalue weighted by Gasteiger charge is 2.31. The van der Waals surface area contributed by atoms with E-state index in [2.05, 4.69) is 37.0 Å². The number of thiazole rings is 1. The minimum Gasteiger partial charge on any atom is -0.339 e. The lowest BCUT2D eigenvalue weighted by Crippen LogP contribution is -2.35. The average Bonchev–Trinajstić information content (AvgIpc) is 3.13. The molecule has 1 aromatic carbocycles. The van der Waals surface area contributed by atoms with Gasteiger partial charge >= 0.3 is 0 Å². The number of nitrogens with two attached hydrogens (primary N) is 1. The van der Waals surface area contributed by atoms with Crippen LogP contribution in [-0.4, -0.2) is 34.9 Å². The highest BCUT2D eigenvalue weighted by Crippen LogP contribution is 2.26. The van der Waals surface area contributed by atoms with Gasteiger partial charge in [0, 0.05) is 23.5 Å². The zero-order valence-corrected chi connectivity index (χ0v) is 16.9. The summed E-state index contributed by atoms with van der Waals surface area (Å²) in [4.78, 5) is 19.1. The Balaban J connectivity index is 0.00000156. The van der Waals surface area contributed by atoms with Crippen molar-refractivity contribution in [1.29, 1.82) is 0 Å². The molecule has 2 atom stereocenters. The van der Waals surface area contributed by atoms with Gasteiger partial charge in [-0.05, 0) is 38.8 Å². The van der Waals surface area contributed by atoms with Crippen molar-refractivity contribution in [1.82, 2.24) is 9.88 Å². The van der Waals surface area contributed by atoms with Crippen LogP contribution in [0.5, 0.6) is 0 Å². The van der Waals surface area contributed by atoms with E-state index in [9.17, 15) is 4.79 Å². The molecule has 2 heterocycles. The Hall–Kier alpha value is -1.14. The number of aryl methyl sites for hydroxylation is 1. The molecule has 1 aliphatic rings. The minimum atomic E-state index is 0. The van der Waals surface area contributed by atoms with Crippen molar-refractivity contribution in [2.75, 3.05) is 13.1 Å². The SMILES string of the molecule is Cc1cccc(-c2nc(CC(=O)N3CC(CN)CC3C)cs2)c1.Cl.Cl. The van der Waals surface area contributed by atoms with E-state index >= 15 is 0 Å². The van der Waals surface area contributed by atoms with Gasteiger partial charge in [0.1, 0.15) is 5.01 Å². The maximum absolute atomic E-state index is 12.5. The van der Waals surface area contributed by atoms with Crippen molar-refractivity contribution >= 4 is 42.1 Å². The number of carbonyl (C=O) groups is 1. The predicted octanol–water partition coefficient (Wildman–Crippen LogP) is 3.70. The second kappa shape index (κ2) is 9.53. The number of halogens is 2. The van der Waals surface area contributed by atoms with E-state index in [1.807, 2.05) is 16.3 Å². The molecule has 0 saturated carbocycles. The van der Waals surface area contributed by atoms with Crippen molar-refractivity contribution in [3.63, 3.8) is 0 Å². The first-order valence-electron chi connectivity index (χ1n) is 8.07. The number of likely N-dealkylation sites (tertiary alicyclic amines) is 1. The van der Waals surface area contributed by atoms with Gasteiger partial charge in [0.25, 0.3) is 0 Å². The lowest BCUT2D eigenvalue weighted by atomic mass is 10.1. The van der Waals surface area contributed by atoms with Crippen LogP contribution >= 0.6 is 36.2 Å².